The first-order valence-corrected chi connectivity index (χ1v) is 13.1. The van der Waals surface area contributed by atoms with Crippen LogP contribution in [0.1, 0.15) is 0 Å². The SMILES string of the molecule is Nc1c(S(=O)(=O)O)ccc2cccc(N=Nc3ccc(Nc4ccc([N+](=O)[O-])cc4S(=O)(=O)O)cc3)c12. The molecule has 0 saturated heterocycles. The molecule has 0 radical (unpaired) electrons. The summed E-state index contributed by atoms with van der Waals surface area (Å²) in [6, 6.07) is 16.7. The summed E-state index contributed by atoms with van der Waals surface area (Å²) < 4.78 is 65.5. The fraction of sp³-hybridized carbons (Fsp3) is 0. The number of nitro benzene ring substituents is 1. The monoisotopic (exact) mass is 543 g/mol. The quantitative estimate of drug-likeness (QED) is 0.0805. The first-order valence-electron chi connectivity index (χ1n) is 10.2. The summed E-state index contributed by atoms with van der Waals surface area (Å²) in [5.74, 6) is 0. The van der Waals surface area contributed by atoms with Gasteiger partial charge in [0.2, 0.25) is 0 Å². The highest BCUT2D eigenvalue weighted by Gasteiger charge is 2.20. The van der Waals surface area contributed by atoms with Gasteiger partial charge >= 0.3 is 0 Å². The third-order valence-corrected chi connectivity index (χ3v) is 6.98. The number of nitrogens with two attached hydrogens (primary N) is 1. The summed E-state index contributed by atoms with van der Waals surface area (Å²) in [7, 11) is -9.30. The summed E-state index contributed by atoms with van der Waals surface area (Å²) >= 11 is 0. The Morgan fingerprint density at radius 1 is 0.838 bits per heavy atom. The Bertz CT molecular complexity index is 1790. The zero-order valence-electron chi connectivity index (χ0n) is 18.5. The van der Waals surface area contributed by atoms with Crippen molar-refractivity contribution in [1.82, 2.24) is 0 Å². The molecule has 0 fully saturated rings. The second-order valence-corrected chi connectivity index (χ2v) is 10.4. The van der Waals surface area contributed by atoms with Crippen LogP contribution in [0.3, 0.4) is 0 Å². The number of benzene rings is 4. The number of hydrogen-bond donors (Lipinski definition) is 4. The van der Waals surface area contributed by atoms with Gasteiger partial charge in [-0.25, -0.2) is 0 Å². The largest absolute Gasteiger partial charge is 0.397 e. The average molecular weight is 544 g/mol. The minimum absolute atomic E-state index is 0.0802. The van der Waals surface area contributed by atoms with Crippen molar-refractivity contribution >= 4 is 65.1 Å². The third-order valence-electron chi connectivity index (χ3n) is 5.18. The van der Waals surface area contributed by atoms with Crippen LogP contribution >= 0.6 is 0 Å². The Morgan fingerprint density at radius 2 is 1.51 bits per heavy atom. The molecule has 4 rings (SSSR count). The zero-order chi connectivity index (χ0) is 27.0. The van der Waals surface area contributed by atoms with E-state index >= 15 is 0 Å². The third kappa shape index (κ3) is 5.54. The summed E-state index contributed by atoms with van der Waals surface area (Å²) in [6.07, 6.45) is 0. The summed E-state index contributed by atoms with van der Waals surface area (Å²) in [5.41, 5.74) is 6.23. The van der Waals surface area contributed by atoms with Crippen LogP contribution in [-0.2, 0) is 20.2 Å². The van der Waals surface area contributed by atoms with Crippen LogP contribution < -0.4 is 11.1 Å². The van der Waals surface area contributed by atoms with Gasteiger partial charge in [0.25, 0.3) is 25.9 Å². The molecule has 0 heterocycles. The molecular formula is C22H17N5O8S2. The minimum atomic E-state index is -4.75. The van der Waals surface area contributed by atoms with Crippen LogP contribution in [0.25, 0.3) is 10.8 Å². The van der Waals surface area contributed by atoms with Gasteiger partial charge in [-0.05, 0) is 47.9 Å². The second kappa shape index (κ2) is 9.55. The minimum Gasteiger partial charge on any atom is -0.397 e. The highest BCUT2D eigenvalue weighted by molar-refractivity contribution is 7.86. The van der Waals surface area contributed by atoms with Gasteiger partial charge in [0.15, 0.2) is 0 Å². The maximum Gasteiger partial charge on any atom is 0.296 e. The number of anilines is 3. The van der Waals surface area contributed by atoms with Gasteiger partial charge in [0.1, 0.15) is 9.79 Å². The van der Waals surface area contributed by atoms with E-state index in [9.17, 15) is 36.1 Å². The number of azo groups is 1. The van der Waals surface area contributed by atoms with Crippen LogP contribution in [0.2, 0.25) is 0 Å². The van der Waals surface area contributed by atoms with Crippen LogP contribution in [0.4, 0.5) is 34.1 Å². The number of nitrogens with one attached hydrogen (secondary N) is 1. The molecule has 0 saturated carbocycles. The lowest BCUT2D eigenvalue weighted by Crippen LogP contribution is -2.04. The van der Waals surface area contributed by atoms with Crippen molar-refractivity contribution in [3.05, 3.63) is 82.9 Å². The fourth-order valence-electron chi connectivity index (χ4n) is 3.50. The van der Waals surface area contributed by atoms with E-state index in [1.807, 2.05) is 0 Å². The molecule has 0 atom stereocenters. The predicted molar refractivity (Wildman–Crippen MR) is 135 cm³/mol. The summed E-state index contributed by atoms with van der Waals surface area (Å²) in [4.78, 5) is 9.05. The molecule has 4 aromatic carbocycles. The molecule has 0 unspecified atom stereocenters. The molecule has 15 heteroatoms. The number of nitrogens with zero attached hydrogens (tertiary/aromatic N) is 3. The smallest absolute Gasteiger partial charge is 0.296 e. The fourth-order valence-corrected chi connectivity index (χ4v) is 4.78. The Balaban J connectivity index is 1.63. The Kier molecular flexibility index (Phi) is 6.62. The molecular weight excluding hydrogens is 526 g/mol. The lowest BCUT2D eigenvalue weighted by molar-refractivity contribution is -0.385. The van der Waals surface area contributed by atoms with E-state index in [0.29, 0.717) is 16.8 Å². The van der Waals surface area contributed by atoms with Gasteiger partial charge in [0, 0.05) is 23.2 Å². The van der Waals surface area contributed by atoms with E-state index in [1.165, 1.54) is 36.4 Å². The van der Waals surface area contributed by atoms with Crippen molar-refractivity contribution in [2.75, 3.05) is 11.1 Å². The molecule has 5 N–H and O–H groups in total. The number of non-ortho nitro benzene ring substituents is 1. The van der Waals surface area contributed by atoms with Gasteiger partial charge in [0.05, 0.1) is 27.7 Å². The van der Waals surface area contributed by atoms with Crippen LogP contribution in [0.15, 0.2) is 92.8 Å². The lowest BCUT2D eigenvalue weighted by Gasteiger charge is -2.10. The second-order valence-electron chi connectivity index (χ2n) is 7.61. The van der Waals surface area contributed by atoms with E-state index in [1.54, 1.807) is 18.2 Å². The highest BCUT2D eigenvalue weighted by Crippen LogP contribution is 2.36. The maximum absolute atomic E-state index is 11.7. The molecule has 4 aromatic rings. The lowest BCUT2D eigenvalue weighted by atomic mass is 10.1. The molecule has 190 valence electrons. The van der Waals surface area contributed by atoms with Crippen molar-refractivity contribution in [2.45, 2.75) is 9.79 Å². The molecule has 0 amide bonds. The average Bonchev–Trinajstić information content (AvgIpc) is 2.82. The van der Waals surface area contributed by atoms with Crippen LogP contribution in [0, 0.1) is 10.1 Å². The first-order chi connectivity index (χ1) is 17.3. The molecule has 0 spiro atoms. The van der Waals surface area contributed by atoms with Crippen molar-refractivity contribution in [2.24, 2.45) is 10.2 Å². The topological polar surface area (TPSA) is 215 Å². The molecule has 13 nitrogen and oxygen atoms in total. The van der Waals surface area contributed by atoms with E-state index in [2.05, 4.69) is 15.5 Å². The molecule has 0 aliphatic carbocycles. The van der Waals surface area contributed by atoms with Gasteiger partial charge in [-0.3, -0.25) is 19.2 Å². The van der Waals surface area contributed by atoms with Crippen molar-refractivity contribution in [3.63, 3.8) is 0 Å². The van der Waals surface area contributed by atoms with Gasteiger partial charge in [-0.1, -0.05) is 18.2 Å². The van der Waals surface area contributed by atoms with Crippen LogP contribution in [0.5, 0.6) is 0 Å². The van der Waals surface area contributed by atoms with Crippen molar-refractivity contribution in [1.29, 1.82) is 0 Å². The molecule has 0 bridgehead atoms. The Hall–Kier alpha value is -4.44. The highest BCUT2D eigenvalue weighted by atomic mass is 32.2. The number of hydrogen-bond acceptors (Lipinski definition) is 10. The molecule has 37 heavy (non-hydrogen) atoms. The van der Waals surface area contributed by atoms with Gasteiger partial charge in [-0.2, -0.15) is 21.9 Å². The normalized spacial score (nSPS) is 12.2. The first kappa shape index (κ1) is 25.6. The summed E-state index contributed by atoms with van der Waals surface area (Å²) in [6.45, 7) is 0. The van der Waals surface area contributed by atoms with Crippen molar-refractivity contribution in [3.8, 4) is 0 Å². The maximum atomic E-state index is 11.7. The van der Waals surface area contributed by atoms with E-state index in [0.717, 1.165) is 18.2 Å². The number of fused-ring (bicyclic) bond motifs is 1. The Morgan fingerprint density at radius 3 is 2.14 bits per heavy atom. The Labute approximate surface area is 209 Å². The van der Waals surface area contributed by atoms with E-state index in [4.69, 9.17) is 5.73 Å². The van der Waals surface area contributed by atoms with E-state index < -0.39 is 40.6 Å². The van der Waals surface area contributed by atoms with Crippen LogP contribution in [-0.4, -0.2) is 30.9 Å². The van der Waals surface area contributed by atoms with Crippen molar-refractivity contribution < 1.29 is 30.9 Å². The van der Waals surface area contributed by atoms with Gasteiger partial charge in [-0.15, -0.1) is 5.11 Å². The van der Waals surface area contributed by atoms with Gasteiger partial charge < -0.3 is 11.1 Å². The standard InChI is InChI=1S/C22H17N5O8S2/c23-22-19(36(30,31)32)11-4-13-2-1-3-18(21(13)22)26-25-15-7-5-14(6-8-15)24-17-10-9-16(27(28)29)12-20(17)37(33,34)35/h1-12,24H,23H2,(H,30,31,32)(H,33,34,35). The molecule has 0 aliphatic heterocycles. The predicted octanol–water partition coefficient (Wildman–Crippen LogP) is 4.98. The zero-order valence-corrected chi connectivity index (χ0v) is 20.1. The molecule has 0 aliphatic rings. The summed E-state index contributed by atoms with van der Waals surface area (Å²) in [5, 5.41) is 22.8. The van der Waals surface area contributed by atoms with E-state index in [-0.39, 0.29) is 22.4 Å². The number of nitro groups is 1. The number of nitrogen functional groups attached to an aromatic ring is 1. The molecule has 0 aromatic heterocycles. The number of rotatable bonds is 7.